The number of rotatable bonds is 3. The molecule has 7 heteroatoms. The highest BCUT2D eigenvalue weighted by Gasteiger charge is 2.10. The third-order valence-electron chi connectivity index (χ3n) is 2.05. The zero-order chi connectivity index (χ0) is 10.8. The molecule has 0 unspecified atom stereocenters. The van der Waals surface area contributed by atoms with Gasteiger partial charge in [-0.25, -0.2) is 9.67 Å². The predicted octanol–water partition coefficient (Wildman–Crippen LogP) is -0.617. The standard InChI is InChI=1S/C8H12N6O/c1-2-3-14-7-6(12-13-14)8(15)11-5(4-9)10-7/h2-4,9H2,1H3,(H,10,11,15). The first-order chi connectivity index (χ1) is 7.26. The molecular weight excluding hydrogens is 196 g/mol. The number of aromatic amines is 1. The topological polar surface area (TPSA) is 102 Å². The van der Waals surface area contributed by atoms with Gasteiger partial charge in [0.05, 0.1) is 6.54 Å². The zero-order valence-corrected chi connectivity index (χ0v) is 8.40. The zero-order valence-electron chi connectivity index (χ0n) is 8.40. The highest BCUT2D eigenvalue weighted by molar-refractivity contribution is 5.67. The van der Waals surface area contributed by atoms with Gasteiger partial charge in [-0.05, 0) is 6.42 Å². The van der Waals surface area contributed by atoms with Crippen molar-refractivity contribution in [1.29, 1.82) is 0 Å². The van der Waals surface area contributed by atoms with Gasteiger partial charge >= 0.3 is 0 Å². The van der Waals surface area contributed by atoms with Crippen molar-refractivity contribution in [2.75, 3.05) is 0 Å². The fourth-order valence-electron chi connectivity index (χ4n) is 1.37. The summed E-state index contributed by atoms with van der Waals surface area (Å²) in [7, 11) is 0. The summed E-state index contributed by atoms with van der Waals surface area (Å²) < 4.78 is 1.61. The van der Waals surface area contributed by atoms with E-state index < -0.39 is 0 Å². The lowest BCUT2D eigenvalue weighted by molar-refractivity contribution is 0.590. The molecular formula is C8H12N6O. The van der Waals surface area contributed by atoms with Gasteiger partial charge in [0.25, 0.3) is 5.56 Å². The molecule has 0 aliphatic rings. The van der Waals surface area contributed by atoms with E-state index >= 15 is 0 Å². The second kappa shape index (κ2) is 3.77. The Labute approximate surface area is 85.3 Å². The van der Waals surface area contributed by atoms with E-state index in [1.54, 1.807) is 4.68 Å². The highest BCUT2D eigenvalue weighted by atomic mass is 16.1. The Morgan fingerprint density at radius 1 is 1.53 bits per heavy atom. The molecule has 2 heterocycles. The first kappa shape index (κ1) is 9.78. The first-order valence-corrected chi connectivity index (χ1v) is 4.78. The van der Waals surface area contributed by atoms with E-state index in [1.165, 1.54) is 0 Å². The van der Waals surface area contributed by atoms with Crippen LogP contribution in [0.5, 0.6) is 0 Å². The van der Waals surface area contributed by atoms with Gasteiger partial charge in [0, 0.05) is 6.54 Å². The number of nitrogens with one attached hydrogen (secondary N) is 1. The van der Waals surface area contributed by atoms with E-state index in [0.29, 0.717) is 18.0 Å². The second-order valence-corrected chi connectivity index (χ2v) is 3.20. The number of nitrogens with zero attached hydrogens (tertiary/aromatic N) is 4. The maximum atomic E-state index is 11.5. The number of nitrogens with two attached hydrogens (primary N) is 1. The van der Waals surface area contributed by atoms with E-state index in [2.05, 4.69) is 20.3 Å². The second-order valence-electron chi connectivity index (χ2n) is 3.20. The molecule has 0 aromatic carbocycles. The van der Waals surface area contributed by atoms with Crippen LogP contribution >= 0.6 is 0 Å². The Morgan fingerprint density at radius 2 is 2.33 bits per heavy atom. The van der Waals surface area contributed by atoms with E-state index in [4.69, 9.17) is 5.73 Å². The van der Waals surface area contributed by atoms with Gasteiger partial charge in [0.2, 0.25) is 0 Å². The molecule has 0 spiro atoms. The Bertz CT molecular complexity index is 527. The van der Waals surface area contributed by atoms with Crippen LogP contribution < -0.4 is 11.3 Å². The van der Waals surface area contributed by atoms with Gasteiger partial charge in [0.1, 0.15) is 5.82 Å². The fraction of sp³-hybridized carbons (Fsp3) is 0.500. The molecule has 0 aliphatic heterocycles. The minimum atomic E-state index is -0.289. The van der Waals surface area contributed by atoms with Crippen LogP contribution in [0.3, 0.4) is 0 Å². The van der Waals surface area contributed by atoms with Crippen LogP contribution in [-0.4, -0.2) is 25.0 Å². The molecule has 0 amide bonds. The Morgan fingerprint density at radius 3 is 3.00 bits per heavy atom. The van der Waals surface area contributed by atoms with Crippen molar-refractivity contribution in [3.63, 3.8) is 0 Å². The van der Waals surface area contributed by atoms with Crippen LogP contribution in [0.25, 0.3) is 11.2 Å². The summed E-state index contributed by atoms with van der Waals surface area (Å²) >= 11 is 0. The van der Waals surface area contributed by atoms with Crippen LogP contribution in [0.1, 0.15) is 19.2 Å². The van der Waals surface area contributed by atoms with E-state index in [0.717, 1.165) is 6.42 Å². The summed E-state index contributed by atoms with van der Waals surface area (Å²) in [5.74, 6) is 0.451. The lowest BCUT2D eigenvalue weighted by atomic mass is 10.4. The predicted molar refractivity (Wildman–Crippen MR) is 54.1 cm³/mol. The Hall–Kier alpha value is -1.76. The van der Waals surface area contributed by atoms with Crippen molar-refractivity contribution in [2.24, 2.45) is 5.73 Å². The summed E-state index contributed by atoms with van der Waals surface area (Å²) in [5.41, 5.74) is 5.90. The molecule has 80 valence electrons. The van der Waals surface area contributed by atoms with Crippen LogP contribution in [-0.2, 0) is 13.1 Å². The molecule has 3 N–H and O–H groups in total. The molecule has 15 heavy (non-hydrogen) atoms. The molecule has 2 aromatic heterocycles. The van der Waals surface area contributed by atoms with Crippen LogP contribution in [0, 0.1) is 0 Å². The number of hydrogen-bond donors (Lipinski definition) is 2. The number of hydrogen-bond acceptors (Lipinski definition) is 5. The highest BCUT2D eigenvalue weighted by Crippen LogP contribution is 2.03. The van der Waals surface area contributed by atoms with Crippen molar-refractivity contribution in [3.05, 3.63) is 16.2 Å². The lowest BCUT2D eigenvalue weighted by Gasteiger charge is -1.99. The van der Waals surface area contributed by atoms with Gasteiger partial charge in [-0.15, -0.1) is 5.10 Å². The number of H-pyrrole nitrogens is 1. The lowest BCUT2D eigenvalue weighted by Crippen LogP contribution is -2.15. The van der Waals surface area contributed by atoms with Crippen molar-refractivity contribution < 1.29 is 0 Å². The van der Waals surface area contributed by atoms with Gasteiger partial charge in [-0.2, -0.15) is 0 Å². The summed E-state index contributed by atoms with van der Waals surface area (Å²) in [6.07, 6.45) is 0.908. The minimum absolute atomic E-state index is 0.197. The molecule has 0 saturated heterocycles. The van der Waals surface area contributed by atoms with Gasteiger partial charge in [-0.1, -0.05) is 12.1 Å². The quantitative estimate of drug-likeness (QED) is 0.700. The van der Waals surface area contributed by atoms with Crippen LogP contribution in [0.4, 0.5) is 0 Å². The average Bonchev–Trinajstić information content (AvgIpc) is 2.63. The normalized spacial score (nSPS) is 11.1. The first-order valence-electron chi connectivity index (χ1n) is 4.78. The number of aromatic nitrogens is 5. The molecule has 0 fully saturated rings. The fourth-order valence-corrected chi connectivity index (χ4v) is 1.37. The summed E-state index contributed by atoms with van der Waals surface area (Å²) in [5, 5.41) is 7.64. The van der Waals surface area contributed by atoms with Gasteiger partial charge in [-0.3, -0.25) is 4.79 Å². The summed E-state index contributed by atoms with van der Waals surface area (Å²) in [6.45, 7) is 2.91. The van der Waals surface area contributed by atoms with E-state index in [1.807, 2.05) is 6.92 Å². The maximum absolute atomic E-state index is 11.5. The van der Waals surface area contributed by atoms with Gasteiger partial charge < -0.3 is 10.7 Å². The molecule has 2 aromatic rings. The van der Waals surface area contributed by atoms with Crippen LogP contribution in [0.2, 0.25) is 0 Å². The molecule has 0 bridgehead atoms. The Balaban J connectivity index is 2.67. The minimum Gasteiger partial charge on any atom is -0.324 e. The van der Waals surface area contributed by atoms with E-state index in [-0.39, 0.29) is 17.6 Å². The molecule has 0 radical (unpaired) electrons. The van der Waals surface area contributed by atoms with E-state index in [9.17, 15) is 4.79 Å². The maximum Gasteiger partial charge on any atom is 0.281 e. The average molecular weight is 208 g/mol. The van der Waals surface area contributed by atoms with Crippen molar-refractivity contribution >= 4 is 11.2 Å². The number of aryl methyl sites for hydroxylation is 1. The molecule has 2 rings (SSSR count). The van der Waals surface area contributed by atoms with Crippen molar-refractivity contribution in [2.45, 2.75) is 26.4 Å². The third kappa shape index (κ3) is 1.61. The van der Waals surface area contributed by atoms with Crippen molar-refractivity contribution in [3.8, 4) is 0 Å². The van der Waals surface area contributed by atoms with Gasteiger partial charge in [0.15, 0.2) is 11.2 Å². The molecule has 0 aliphatic carbocycles. The summed E-state index contributed by atoms with van der Waals surface area (Å²) in [6, 6.07) is 0. The SMILES string of the molecule is CCCn1nnc2c(=O)[nH]c(CN)nc21. The van der Waals surface area contributed by atoms with Crippen LogP contribution in [0.15, 0.2) is 4.79 Å². The monoisotopic (exact) mass is 208 g/mol. The molecule has 0 atom stereocenters. The largest absolute Gasteiger partial charge is 0.324 e. The smallest absolute Gasteiger partial charge is 0.281 e. The molecule has 0 saturated carbocycles. The van der Waals surface area contributed by atoms with Crippen molar-refractivity contribution in [1.82, 2.24) is 25.0 Å². The number of fused-ring (bicyclic) bond motifs is 1. The third-order valence-corrected chi connectivity index (χ3v) is 2.05. The Kier molecular flexibility index (Phi) is 2.46. The summed E-state index contributed by atoms with van der Waals surface area (Å²) in [4.78, 5) is 18.2. The molecule has 7 nitrogen and oxygen atoms in total.